The second-order valence-corrected chi connectivity index (χ2v) is 4.07. The molecule has 0 aromatic heterocycles. The Labute approximate surface area is 94.6 Å². The van der Waals surface area contributed by atoms with Gasteiger partial charge in [0.25, 0.3) is 0 Å². The van der Waals surface area contributed by atoms with E-state index in [9.17, 15) is 4.79 Å². The third-order valence-corrected chi connectivity index (χ3v) is 2.38. The number of carbonyl (C=O) groups is 1. The van der Waals surface area contributed by atoms with Crippen LogP contribution in [0.3, 0.4) is 0 Å². The molecule has 1 heteroatoms. The molecule has 0 aromatic rings. The van der Waals surface area contributed by atoms with E-state index in [-0.39, 0.29) is 5.78 Å². The summed E-state index contributed by atoms with van der Waals surface area (Å²) in [5.74, 6) is 6.42. The molecule has 0 aliphatic carbocycles. The lowest BCUT2D eigenvalue weighted by Gasteiger charge is -1.96. The van der Waals surface area contributed by atoms with Gasteiger partial charge in [0.2, 0.25) is 0 Å². The van der Waals surface area contributed by atoms with E-state index in [0.29, 0.717) is 6.42 Å². The number of carbonyl (C=O) groups excluding carboxylic acids is 1. The molecule has 0 spiro atoms. The molecule has 0 aliphatic rings. The van der Waals surface area contributed by atoms with Crippen molar-refractivity contribution in [2.45, 2.75) is 71.6 Å². The van der Waals surface area contributed by atoms with Gasteiger partial charge in [0, 0.05) is 19.3 Å². The Bertz CT molecular complexity index is 207. The van der Waals surface area contributed by atoms with Gasteiger partial charge in [-0.15, -0.1) is 11.8 Å². The molecular weight excluding hydrogens is 184 g/mol. The predicted octanol–water partition coefficient (Wildman–Crippen LogP) is 4.11. The maximum absolute atomic E-state index is 10.6. The smallest absolute Gasteiger partial charge is 0.130 e. The Kier molecular flexibility index (Phi) is 10.7. The zero-order chi connectivity index (χ0) is 11.4. The molecular formula is C14H24O. The summed E-state index contributed by atoms with van der Waals surface area (Å²) in [6.45, 7) is 3.86. The van der Waals surface area contributed by atoms with Crippen LogP contribution in [0.2, 0.25) is 0 Å². The summed E-state index contributed by atoms with van der Waals surface area (Å²) in [5, 5.41) is 0. The van der Waals surface area contributed by atoms with Crippen LogP contribution in [-0.4, -0.2) is 5.78 Å². The molecule has 0 aromatic carbocycles. The molecule has 0 saturated heterocycles. The standard InChI is InChI=1S/C14H24O/c1-3-4-5-6-7-8-9-10-11-12-13-14(2)15/h3-9,12-13H2,1-2H3. The normalized spacial score (nSPS) is 9.47. The van der Waals surface area contributed by atoms with Crippen LogP contribution in [0, 0.1) is 11.8 Å². The highest BCUT2D eigenvalue weighted by molar-refractivity contribution is 5.75. The van der Waals surface area contributed by atoms with Crippen molar-refractivity contribution in [3.63, 3.8) is 0 Å². The first-order valence-electron chi connectivity index (χ1n) is 6.22. The van der Waals surface area contributed by atoms with Crippen LogP contribution < -0.4 is 0 Å². The second-order valence-electron chi connectivity index (χ2n) is 4.07. The first-order chi connectivity index (χ1) is 7.27. The zero-order valence-electron chi connectivity index (χ0n) is 10.3. The van der Waals surface area contributed by atoms with Gasteiger partial charge in [-0.2, -0.15) is 0 Å². The fraction of sp³-hybridized carbons (Fsp3) is 0.786. The molecule has 86 valence electrons. The van der Waals surface area contributed by atoms with Crippen LogP contribution in [0.4, 0.5) is 0 Å². The van der Waals surface area contributed by atoms with Crippen LogP contribution in [0.5, 0.6) is 0 Å². The van der Waals surface area contributed by atoms with Crippen molar-refractivity contribution in [1.82, 2.24) is 0 Å². The highest BCUT2D eigenvalue weighted by Gasteiger charge is 1.89. The lowest BCUT2D eigenvalue weighted by atomic mass is 10.1. The first kappa shape index (κ1) is 14.2. The molecule has 0 bridgehead atoms. The van der Waals surface area contributed by atoms with Gasteiger partial charge in [-0.05, 0) is 13.3 Å². The Morgan fingerprint density at radius 1 is 0.933 bits per heavy atom. The predicted molar refractivity (Wildman–Crippen MR) is 65.7 cm³/mol. The number of unbranched alkanes of at least 4 members (excludes halogenated alkanes) is 6. The molecule has 0 unspecified atom stereocenters. The van der Waals surface area contributed by atoms with E-state index in [4.69, 9.17) is 0 Å². The van der Waals surface area contributed by atoms with E-state index < -0.39 is 0 Å². The molecule has 0 atom stereocenters. The lowest BCUT2D eigenvalue weighted by Crippen LogP contribution is -1.86. The zero-order valence-corrected chi connectivity index (χ0v) is 10.3. The Balaban J connectivity index is 3.12. The molecule has 0 aliphatic heterocycles. The Morgan fingerprint density at radius 3 is 2.20 bits per heavy atom. The summed E-state index contributed by atoms with van der Waals surface area (Å²) < 4.78 is 0. The number of Topliss-reactive ketones (excluding diaryl/α,β-unsaturated/α-hetero) is 1. The second kappa shape index (κ2) is 11.3. The van der Waals surface area contributed by atoms with E-state index in [0.717, 1.165) is 12.8 Å². The van der Waals surface area contributed by atoms with Crippen LogP contribution in [-0.2, 0) is 4.79 Å². The van der Waals surface area contributed by atoms with E-state index >= 15 is 0 Å². The monoisotopic (exact) mass is 208 g/mol. The summed E-state index contributed by atoms with van der Waals surface area (Å²) >= 11 is 0. The molecule has 0 saturated carbocycles. The van der Waals surface area contributed by atoms with E-state index in [1.807, 2.05) is 0 Å². The van der Waals surface area contributed by atoms with Gasteiger partial charge in [0.05, 0.1) is 0 Å². The van der Waals surface area contributed by atoms with Gasteiger partial charge >= 0.3 is 0 Å². The molecule has 0 heterocycles. The van der Waals surface area contributed by atoms with Crippen molar-refractivity contribution >= 4 is 5.78 Å². The summed E-state index contributed by atoms with van der Waals surface area (Å²) in [7, 11) is 0. The molecule has 0 amide bonds. The van der Waals surface area contributed by atoms with Crippen molar-refractivity contribution < 1.29 is 4.79 Å². The van der Waals surface area contributed by atoms with Crippen molar-refractivity contribution in [1.29, 1.82) is 0 Å². The van der Waals surface area contributed by atoms with E-state index in [1.165, 1.54) is 38.5 Å². The quantitative estimate of drug-likeness (QED) is 0.433. The average molecular weight is 208 g/mol. The summed E-state index contributed by atoms with van der Waals surface area (Å²) in [6, 6.07) is 0. The van der Waals surface area contributed by atoms with Crippen LogP contribution >= 0.6 is 0 Å². The molecule has 1 nitrogen and oxygen atoms in total. The third kappa shape index (κ3) is 13.2. The number of ketones is 1. The first-order valence-corrected chi connectivity index (χ1v) is 6.22. The minimum absolute atomic E-state index is 0.240. The summed E-state index contributed by atoms with van der Waals surface area (Å²) in [6.07, 6.45) is 10.3. The molecule has 0 radical (unpaired) electrons. The maximum Gasteiger partial charge on any atom is 0.130 e. The highest BCUT2D eigenvalue weighted by atomic mass is 16.1. The van der Waals surface area contributed by atoms with Crippen molar-refractivity contribution in [3.05, 3.63) is 0 Å². The van der Waals surface area contributed by atoms with Crippen molar-refractivity contribution in [2.24, 2.45) is 0 Å². The molecule has 0 N–H and O–H groups in total. The number of hydrogen-bond donors (Lipinski definition) is 0. The van der Waals surface area contributed by atoms with Gasteiger partial charge in [0.1, 0.15) is 5.78 Å². The van der Waals surface area contributed by atoms with Gasteiger partial charge in [-0.25, -0.2) is 0 Å². The Morgan fingerprint density at radius 2 is 1.53 bits per heavy atom. The molecule has 0 rings (SSSR count). The fourth-order valence-corrected chi connectivity index (χ4v) is 1.41. The summed E-state index contributed by atoms with van der Waals surface area (Å²) in [4.78, 5) is 10.6. The largest absolute Gasteiger partial charge is 0.300 e. The van der Waals surface area contributed by atoms with E-state index in [1.54, 1.807) is 6.92 Å². The van der Waals surface area contributed by atoms with E-state index in [2.05, 4.69) is 18.8 Å². The van der Waals surface area contributed by atoms with Gasteiger partial charge in [0.15, 0.2) is 0 Å². The van der Waals surface area contributed by atoms with Crippen molar-refractivity contribution in [2.75, 3.05) is 0 Å². The summed E-state index contributed by atoms with van der Waals surface area (Å²) in [5.41, 5.74) is 0. The topological polar surface area (TPSA) is 17.1 Å². The maximum atomic E-state index is 10.6. The van der Waals surface area contributed by atoms with Gasteiger partial charge in [-0.1, -0.05) is 39.0 Å². The minimum Gasteiger partial charge on any atom is -0.300 e. The SMILES string of the molecule is CCCCCCCCC#CCCC(C)=O. The number of rotatable bonds is 8. The highest BCUT2D eigenvalue weighted by Crippen LogP contribution is 2.06. The van der Waals surface area contributed by atoms with Crippen LogP contribution in [0.15, 0.2) is 0 Å². The molecule has 0 fully saturated rings. The van der Waals surface area contributed by atoms with Crippen LogP contribution in [0.1, 0.15) is 71.6 Å². The Hall–Kier alpha value is -0.770. The van der Waals surface area contributed by atoms with Gasteiger partial charge in [-0.3, -0.25) is 4.79 Å². The number of hydrogen-bond acceptors (Lipinski definition) is 1. The average Bonchev–Trinajstić information content (AvgIpc) is 2.20. The molecule has 15 heavy (non-hydrogen) atoms. The fourth-order valence-electron chi connectivity index (χ4n) is 1.41. The lowest BCUT2D eigenvalue weighted by molar-refractivity contribution is -0.116. The third-order valence-electron chi connectivity index (χ3n) is 2.38. The van der Waals surface area contributed by atoms with Gasteiger partial charge < -0.3 is 0 Å². The van der Waals surface area contributed by atoms with Crippen molar-refractivity contribution in [3.8, 4) is 11.8 Å². The minimum atomic E-state index is 0.240. The van der Waals surface area contributed by atoms with Crippen LogP contribution in [0.25, 0.3) is 0 Å².